The summed E-state index contributed by atoms with van der Waals surface area (Å²) in [7, 11) is 2.24. The summed E-state index contributed by atoms with van der Waals surface area (Å²) in [4.78, 5) is 3.97. The van der Waals surface area contributed by atoms with Crippen LogP contribution in [0.25, 0.3) is 0 Å². The predicted molar refractivity (Wildman–Crippen MR) is 80.3 cm³/mol. The lowest BCUT2D eigenvalue weighted by Gasteiger charge is -2.41. The Morgan fingerprint density at radius 3 is 2.94 bits per heavy atom. The molecule has 18 heavy (non-hydrogen) atoms. The fourth-order valence-electron chi connectivity index (χ4n) is 2.93. The molecule has 4 unspecified atom stereocenters. The molecule has 0 aliphatic carbocycles. The van der Waals surface area contributed by atoms with Crippen molar-refractivity contribution in [3.8, 4) is 0 Å². The first-order valence-electron chi connectivity index (χ1n) is 7.05. The molecule has 2 rings (SSSR count). The number of rotatable bonds is 4. The number of thiophene rings is 1. The highest BCUT2D eigenvalue weighted by Gasteiger charge is 2.29. The summed E-state index contributed by atoms with van der Waals surface area (Å²) in [5.41, 5.74) is 0. The van der Waals surface area contributed by atoms with Crippen molar-refractivity contribution in [1.82, 2.24) is 10.2 Å². The zero-order chi connectivity index (χ0) is 13.1. The van der Waals surface area contributed by atoms with Gasteiger partial charge in [-0.05, 0) is 51.1 Å². The van der Waals surface area contributed by atoms with Gasteiger partial charge in [0, 0.05) is 29.5 Å². The number of piperidine rings is 1. The first-order valence-corrected chi connectivity index (χ1v) is 7.93. The van der Waals surface area contributed by atoms with E-state index in [1.165, 1.54) is 17.8 Å². The maximum absolute atomic E-state index is 3.84. The Morgan fingerprint density at radius 1 is 1.50 bits per heavy atom. The van der Waals surface area contributed by atoms with Crippen molar-refractivity contribution in [2.24, 2.45) is 5.92 Å². The Labute approximate surface area is 115 Å². The molecule has 1 aromatic rings. The minimum atomic E-state index is 0.576. The second-order valence-electron chi connectivity index (χ2n) is 5.96. The average Bonchev–Trinajstić information content (AvgIpc) is 2.78. The predicted octanol–water partition coefficient (Wildman–Crippen LogP) is 3.00. The van der Waals surface area contributed by atoms with Crippen LogP contribution in [0.5, 0.6) is 0 Å². The molecular formula is C15H26N2S. The van der Waals surface area contributed by atoms with Crippen molar-refractivity contribution in [1.29, 1.82) is 0 Å². The van der Waals surface area contributed by atoms with Gasteiger partial charge in [0.05, 0.1) is 0 Å². The van der Waals surface area contributed by atoms with E-state index in [1.54, 1.807) is 0 Å². The summed E-state index contributed by atoms with van der Waals surface area (Å²) in [6, 6.07) is 6.33. The summed E-state index contributed by atoms with van der Waals surface area (Å²) < 4.78 is 0. The van der Waals surface area contributed by atoms with Crippen LogP contribution < -0.4 is 5.32 Å². The number of nitrogens with one attached hydrogen (secondary N) is 1. The van der Waals surface area contributed by atoms with Gasteiger partial charge in [-0.1, -0.05) is 13.0 Å². The highest BCUT2D eigenvalue weighted by molar-refractivity contribution is 7.09. The van der Waals surface area contributed by atoms with Crippen molar-refractivity contribution in [2.45, 2.75) is 51.7 Å². The monoisotopic (exact) mass is 266 g/mol. The first kappa shape index (κ1) is 14.0. The second-order valence-corrected chi connectivity index (χ2v) is 6.99. The van der Waals surface area contributed by atoms with Gasteiger partial charge in [0.1, 0.15) is 0 Å². The van der Waals surface area contributed by atoms with Gasteiger partial charge in [0.15, 0.2) is 0 Å². The van der Waals surface area contributed by atoms with Crippen LogP contribution in [0.15, 0.2) is 17.5 Å². The van der Waals surface area contributed by atoms with Gasteiger partial charge in [-0.25, -0.2) is 0 Å². The van der Waals surface area contributed by atoms with Crippen molar-refractivity contribution in [3.05, 3.63) is 22.4 Å². The molecule has 1 aliphatic heterocycles. The fraction of sp³-hybridized carbons (Fsp3) is 0.733. The smallest absolute Gasteiger partial charge is 0.0122 e. The van der Waals surface area contributed by atoms with Crippen LogP contribution in [0.4, 0.5) is 0 Å². The molecule has 4 atom stereocenters. The van der Waals surface area contributed by atoms with Crippen LogP contribution in [-0.2, 0) is 6.42 Å². The molecule has 1 N–H and O–H groups in total. The molecule has 0 amide bonds. The molecule has 2 heterocycles. The highest BCUT2D eigenvalue weighted by atomic mass is 32.1. The van der Waals surface area contributed by atoms with E-state index in [4.69, 9.17) is 0 Å². The van der Waals surface area contributed by atoms with Crippen LogP contribution in [0.2, 0.25) is 0 Å². The van der Waals surface area contributed by atoms with Crippen molar-refractivity contribution < 1.29 is 0 Å². The third-order valence-electron chi connectivity index (χ3n) is 4.20. The third kappa shape index (κ3) is 3.56. The van der Waals surface area contributed by atoms with E-state index in [9.17, 15) is 0 Å². The van der Waals surface area contributed by atoms with Crippen LogP contribution in [0, 0.1) is 5.92 Å². The van der Waals surface area contributed by atoms with Gasteiger partial charge in [0.25, 0.3) is 0 Å². The van der Waals surface area contributed by atoms with E-state index in [2.05, 4.69) is 55.5 Å². The molecule has 1 fully saturated rings. The zero-order valence-electron chi connectivity index (χ0n) is 12.0. The van der Waals surface area contributed by atoms with E-state index < -0.39 is 0 Å². The summed E-state index contributed by atoms with van der Waals surface area (Å²) in [6.45, 7) is 8.24. The fourth-order valence-corrected chi connectivity index (χ4v) is 3.76. The van der Waals surface area contributed by atoms with Crippen molar-refractivity contribution >= 4 is 11.3 Å². The Morgan fingerprint density at radius 2 is 2.28 bits per heavy atom. The molecule has 102 valence electrons. The number of hydrogen-bond acceptors (Lipinski definition) is 3. The Balaban J connectivity index is 1.84. The van der Waals surface area contributed by atoms with E-state index in [-0.39, 0.29) is 0 Å². The molecule has 2 nitrogen and oxygen atoms in total. The lowest BCUT2D eigenvalue weighted by Crippen LogP contribution is -2.53. The first-order chi connectivity index (χ1) is 8.56. The van der Waals surface area contributed by atoms with Crippen molar-refractivity contribution in [3.63, 3.8) is 0 Å². The Bertz CT molecular complexity index is 349. The average molecular weight is 266 g/mol. The SMILES string of the molecule is CC(Cc1cccs1)NC1CC(C)N(C)CC1C. The molecule has 0 aromatic carbocycles. The van der Waals surface area contributed by atoms with Crippen LogP contribution >= 0.6 is 11.3 Å². The molecule has 1 aromatic heterocycles. The summed E-state index contributed by atoms with van der Waals surface area (Å²) >= 11 is 1.87. The van der Waals surface area contributed by atoms with E-state index in [0.717, 1.165) is 12.3 Å². The molecule has 1 saturated heterocycles. The van der Waals surface area contributed by atoms with Crippen LogP contribution in [-0.4, -0.2) is 36.6 Å². The lowest BCUT2D eigenvalue weighted by atomic mass is 9.89. The topological polar surface area (TPSA) is 15.3 Å². The quantitative estimate of drug-likeness (QED) is 0.901. The van der Waals surface area contributed by atoms with Gasteiger partial charge >= 0.3 is 0 Å². The molecular weight excluding hydrogens is 240 g/mol. The van der Waals surface area contributed by atoms with Gasteiger partial charge in [0.2, 0.25) is 0 Å². The molecule has 0 radical (unpaired) electrons. The normalized spacial score (nSPS) is 31.4. The van der Waals surface area contributed by atoms with Gasteiger partial charge in [-0.3, -0.25) is 0 Å². The number of nitrogens with zero attached hydrogens (tertiary/aromatic N) is 1. The lowest BCUT2D eigenvalue weighted by molar-refractivity contribution is 0.116. The third-order valence-corrected chi connectivity index (χ3v) is 5.10. The maximum Gasteiger partial charge on any atom is 0.0122 e. The van der Waals surface area contributed by atoms with Gasteiger partial charge in [-0.2, -0.15) is 0 Å². The Hall–Kier alpha value is -0.380. The summed E-state index contributed by atoms with van der Waals surface area (Å²) in [6.07, 6.45) is 2.43. The van der Waals surface area contributed by atoms with Gasteiger partial charge < -0.3 is 10.2 Å². The largest absolute Gasteiger partial charge is 0.311 e. The van der Waals surface area contributed by atoms with Crippen LogP contribution in [0.1, 0.15) is 32.1 Å². The van der Waals surface area contributed by atoms with E-state index in [1.807, 2.05) is 11.3 Å². The highest BCUT2D eigenvalue weighted by Crippen LogP contribution is 2.21. The Kier molecular flexibility index (Phi) is 4.82. The van der Waals surface area contributed by atoms with E-state index >= 15 is 0 Å². The second kappa shape index (κ2) is 6.18. The van der Waals surface area contributed by atoms with E-state index in [0.29, 0.717) is 18.1 Å². The minimum Gasteiger partial charge on any atom is -0.311 e. The molecule has 3 heteroatoms. The van der Waals surface area contributed by atoms with Gasteiger partial charge in [-0.15, -0.1) is 11.3 Å². The standard InChI is InChI=1S/C15H26N2S/c1-11-10-17(4)13(3)9-15(11)16-12(2)8-14-6-5-7-18-14/h5-7,11-13,15-16H,8-10H2,1-4H3. The zero-order valence-corrected chi connectivity index (χ0v) is 12.8. The summed E-state index contributed by atoms with van der Waals surface area (Å²) in [5.74, 6) is 0.747. The molecule has 1 aliphatic rings. The number of hydrogen-bond donors (Lipinski definition) is 1. The molecule has 0 saturated carbocycles. The molecule has 0 spiro atoms. The summed E-state index contributed by atoms with van der Waals surface area (Å²) in [5, 5.41) is 6.01. The van der Waals surface area contributed by atoms with Crippen molar-refractivity contribution in [2.75, 3.05) is 13.6 Å². The van der Waals surface area contributed by atoms with Crippen LogP contribution in [0.3, 0.4) is 0 Å². The minimum absolute atomic E-state index is 0.576. The molecule has 0 bridgehead atoms. The number of likely N-dealkylation sites (tertiary alicyclic amines) is 1. The maximum atomic E-state index is 3.84.